The summed E-state index contributed by atoms with van der Waals surface area (Å²) in [6.45, 7) is 2.85. The highest BCUT2D eigenvalue weighted by molar-refractivity contribution is 7.80. The topological polar surface area (TPSA) is 29.5 Å². The van der Waals surface area contributed by atoms with E-state index in [1.54, 1.807) is 6.92 Å². The second-order valence-electron chi connectivity index (χ2n) is 2.00. The van der Waals surface area contributed by atoms with E-state index in [-0.39, 0.29) is 6.10 Å². The molecule has 1 atom stereocenters. The van der Waals surface area contributed by atoms with E-state index in [4.69, 9.17) is 9.84 Å². The number of aliphatic hydroxyl groups excluding tert-OH is 1. The van der Waals surface area contributed by atoms with Gasteiger partial charge >= 0.3 is 0 Å². The van der Waals surface area contributed by atoms with Crippen molar-refractivity contribution in [2.24, 2.45) is 0 Å². The number of hydrogen-bond donors (Lipinski definition) is 2. The van der Waals surface area contributed by atoms with E-state index in [0.717, 1.165) is 12.2 Å². The Morgan fingerprint density at radius 2 is 2.33 bits per heavy atom. The van der Waals surface area contributed by atoms with Gasteiger partial charge in [-0.15, -0.1) is 0 Å². The summed E-state index contributed by atoms with van der Waals surface area (Å²) < 4.78 is 5.04. The van der Waals surface area contributed by atoms with Crippen molar-refractivity contribution in [2.75, 3.05) is 19.0 Å². The minimum absolute atomic E-state index is 0.343. The summed E-state index contributed by atoms with van der Waals surface area (Å²) in [5, 5.41) is 8.71. The second kappa shape index (κ2) is 6.39. The molecule has 0 saturated carbocycles. The molecule has 0 spiro atoms. The van der Waals surface area contributed by atoms with E-state index >= 15 is 0 Å². The van der Waals surface area contributed by atoms with E-state index in [1.807, 2.05) is 0 Å². The lowest BCUT2D eigenvalue weighted by molar-refractivity contribution is 0.0470. The van der Waals surface area contributed by atoms with Crippen LogP contribution >= 0.6 is 12.6 Å². The molecule has 1 unspecified atom stereocenters. The Hall–Kier alpha value is 0.270. The molecule has 3 heteroatoms. The first-order valence-electron chi connectivity index (χ1n) is 3.14. The number of ether oxygens (including phenoxy) is 1. The van der Waals surface area contributed by atoms with Crippen molar-refractivity contribution >= 4 is 12.6 Å². The maximum atomic E-state index is 8.71. The third-order valence-electron chi connectivity index (χ3n) is 0.806. The van der Waals surface area contributed by atoms with Gasteiger partial charge in [0.25, 0.3) is 0 Å². The summed E-state index contributed by atoms with van der Waals surface area (Å²) in [5.41, 5.74) is 0. The maximum absolute atomic E-state index is 8.71. The standard InChI is InChI=1S/C6H14O2S/c1-6(7)5-8-3-2-4-9/h6-7,9H,2-5H2,1H3. The molecule has 0 amide bonds. The number of rotatable bonds is 5. The summed E-state index contributed by atoms with van der Waals surface area (Å²) in [7, 11) is 0. The van der Waals surface area contributed by atoms with Gasteiger partial charge in [0, 0.05) is 6.61 Å². The van der Waals surface area contributed by atoms with Gasteiger partial charge in [-0.05, 0) is 19.1 Å². The predicted molar refractivity (Wildman–Crippen MR) is 41.0 cm³/mol. The molecular formula is C6H14O2S. The lowest BCUT2D eigenvalue weighted by Crippen LogP contribution is -2.10. The summed E-state index contributed by atoms with van der Waals surface area (Å²) >= 11 is 4.00. The van der Waals surface area contributed by atoms with Gasteiger partial charge in [0.05, 0.1) is 12.7 Å². The fourth-order valence-corrected chi connectivity index (χ4v) is 0.550. The zero-order valence-corrected chi connectivity index (χ0v) is 6.60. The van der Waals surface area contributed by atoms with Crippen molar-refractivity contribution in [1.29, 1.82) is 0 Å². The summed E-state index contributed by atoms with van der Waals surface area (Å²) in [4.78, 5) is 0. The van der Waals surface area contributed by atoms with Crippen LogP contribution in [0.3, 0.4) is 0 Å². The van der Waals surface area contributed by atoms with Crippen LogP contribution in [0.5, 0.6) is 0 Å². The quantitative estimate of drug-likeness (QED) is 0.446. The predicted octanol–water partition coefficient (Wildman–Crippen LogP) is 0.704. The molecule has 2 nitrogen and oxygen atoms in total. The van der Waals surface area contributed by atoms with Crippen LogP contribution in [0.1, 0.15) is 13.3 Å². The highest BCUT2D eigenvalue weighted by Gasteiger charge is 1.92. The molecule has 0 aromatic carbocycles. The molecule has 0 heterocycles. The molecule has 0 aromatic heterocycles. The van der Waals surface area contributed by atoms with Gasteiger partial charge in [-0.3, -0.25) is 0 Å². The van der Waals surface area contributed by atoms with Crippen LogP contribution in [0.25, 0.3) is 0 Å². The highest BCUT2D eigenvalue weighted by Crippen LogP contribution is 1.87. The van der Waals surface area contributed by atoms with Crippen LogP contribution < -0.4 is 0 Å². The first kappa shape index (κ1) is 9.27. The second-order valence-corrected chi connectivity index (χ2v) is 2.45. The van der Waals surface area contributed by atoms with E-state index in [0.29, 0.717) is 13.2 Å². The van der Waals surface area contributed by atoms with Crippen LogP contribution in [0.4, 0.5) is 0 Å². The average Bonchev–Trinajstić information content (AvgIpc) is 1.80. The molecule has 0 aliphatic heterocycles. The molecule has 0 saturated heterocycles. The van der Waals surface area contributed by atoms with Crippen molar-refractivity contribution in [1.82, 2.24) is 0 Å². The summed E-state index contributed by atoms with van der Waals surface area (Å²) in [5.74, 6) is 0.847. The average molecular weight is 150 g/mol. The first-order chi connectivity index (χ1) is 4.27. The molecule has 0 bridgehead atoms. The molecule has 1 N–H and O–H groups in total. The van der Waals surface area contributed by atoms with Gasteiger partial charge in [0.15, 0.2) is 0 Å². The maximum Gasteiger partial charge on any atom is 0.0745 e. The SMILES string of the molecule is CC(O)COCCCS. The molecule has 0 aliphatic carbocycles. The van der Waals surface area contributed by atoms with E-state index in [9.17, 15) is 0 Å². The Morgan fingerprint density at radius 1 is 1.67 bits per heavy atom. The largest absolute Gasteiger partial charge is 0.391 e. The molecule has 9 heavy (non-hydrogen) atoms. The molecule has 0 aliphatic rings. The van der Waals surface area contributed by atoms with Crippen LogP contribution in [0, 0.1) is 0 Å². The van der Waals surface area contributed by atoms with Crippen molar-refractivity contribution in [3.05, 3.63) is 0 Å². The van der Waals surface area contributed by atoms with E-state index < -0.39 is 0 Å². The Morgan fingerprint density at radius 3 is 2.78 bits per heavy atom. The van der Waals surface area contributed by atoms with Gasteiger partial charge in [0.1, 0.15) is 0 Å². The molecule has 0 radical (unpaired) electrons. The number of thiol groups is 1. The smallest absolute Gasteiger partial charge is 0.0745 e. The Balaban J connectivity index is 2.75. The van der Waals surface area contributed by atoms with E-state index in [1.165, 1.54) is 0 Å². The normalized spacial score (nSPS) is 13.7. The Kier molecular flexibility index (Phi) is 6.58. The minimum Gasteiger partial charge on any atom is -0.391 e. The zero-order chi connectivity index (χ0) is 7.11. The van der Waals surface area contributed by atoms with Crippen molar-refractivity contribution in [3.63, 3.8) is 0 Å². The summed E-state index contributed by atoms with van der Waals surface area (Å²) in [6.07, 6.45) is 0.612. The lowest BCUT2D eigenvalue weighted by atomic mass is 10.4. The third kappa shape index (κ3) is 8.27. The van der Waals surface area contributed by atoms with Gasteiger partial charge in [-0.2, -0.15) is 12.6 Å². The van der Waals surface area contributed by atoms with Crippen LogP contribution in [0.2, 0.25) is 0 Å². The fourth-order valence-electron chi connectivity index (χ4n) is 0.421. The van der Waals surface area contributed by atoms with E-state index in [2.05, 4.69) is 12.6 Å². The molecule has 56 valence electrons. The first-order valence-corrected chi connectivity index (χ1v) is 3.77. The van der Waals surface area contributed by atoms with Crippen molar-refractivity contribution in [2.45, 2.75) is 19.4 Å². The molecular weight excluding hydrogens is 136 g/mol. The minimum atomic E-state index is -0.343. The van der Waals surface area contributed by atoms with Gasteiger partial charge in [0.2, 0.25) is 0 Å². The van der Waals surface area contributed by atoms with Gasteiger partial charge < -0.3 is 9.84 Å². The van der Waals surface area contributed by atoms with Gasteiger partial charge in [-0.1, -0.05) is 0 Å². The van der Waals surface area contributed by atoms with Crippen LogP contribution in [0.15, 0.2) is 0 Å². The van der Waals surface area contributed by atoms with Gasteiger partial charge in [-0.25, -0.2) is 0 Å². The lowest BCUT2D eigenvalue weighted by Gasteiger charge is -2.03. The zero-order valence-electron chi connectivity index (χ0n) is 5.71. The third-order valence-corrected chi connectivity index (χ3v) is 1.12. The molecule has 0 rings (SSSR count). The Bertz CT molecular complexity index is 57.0. The molecule has 0 aromatic rings. The number of aliphatic hydroxyl groups is 1. The monoisotopic (exact) mass is 150 g/mol. The Labute approximate surface area is 61.6 Å². The molecule has 0 fully saturated rings. The fraction of sp³-hybridized carbons (Fsp3) is 1.00. The number of hydrogen-bond acceptors (Lipinski definition) is 3. The summed E-state index contributed by atoms with van der Waals surface area (Å²) in [6, 6.07) is 0. The van der Waals surface area contributed by atoms with Crippen LogP contribution in [-0.2, 0) is 4.74 Å². The highest BCUT2D eigenvalue weighted by atomic mass is 32.1. The van der Waals surface area contributed by atoms with Crippen molar-refractivity contribution in [3.8, 4) is 0 Å². The van der Waals surface area contributed by atoms with Crippen molar-refractivity contribution < 1.29 is 9.84 Å². The van der Waals surface area contributed by atoms with Crippen LogP contribution in [-0.4, -0.2) is 30.2 Å².